The fourth-order valence-corrected chi connectivity index (χ4v) is 1.68. The summed E-state index contributed by atoms with van der Waals surface area (Å²) in [6, 6.07) is 0.335. The van der Waals surface area contributed by atoms with Crippen molar-refractivity contribution >= 4 is 15.9 Å². The topological polar surface area (TPSA) is 81.2 Å². The van der Waals surface area contributed by atoms with E-state index in [4.69, 9.17) is 28.4 Å². The van der Waals surface area contributed by atoms with Crippen LogP contribution in [-0.2, 0) is 23.7 Å². The highest BCUT2D eigenvalue weighted by molar-refractivity contribution is 9.10. The van der Waals surface area contributed by atoms with Crippen LogP contribution in [-0.4, -0.2) is 83.1 Å². The molecular weight excluding hydrogens is 384 g/mol. The van der Waals surface area contributed by atoms with Crippen LogP contribution in [0.1, 0.15) is 0 Å². The summed E-state index contributed by atoms with van der Waals surface area (Å²) < 4.78 is 32.4. The van der Waals surface area contributed by atoms with Crippen LogP contribution < -0.4 is 4.74 Å². The van der Waals surface area contributed by atoms with E-state index in [9.17, 15) is 0 Å². The Hall–Kier alpha value is -0.840. The van der Waals surface area contributed by atoms with E-state index in [1.807, 2.05) is 0 Å². The van der Waals surface area contributed by atoms with Crippen LogP contribution in [0, 0.1) is 0 Å². The number of hydrogen-bond acceptors (Lipinski definition) is 8. The summed E-state index contributed by atoms with van der Waals surface area (Å²) in [5.41, 5.74) is 0. The minimum atomic E-state index is 0.335. The van der Waals surface area contributed by atoms with Gasteiger partial charge in [-0.1, -0.05) is 0 Å². The molecule has 1 aromatic rings. The molecule has 0 aliphatic heterocycles. The Morgan fingerprint density at radius 2 is 1.12 bits per heavy atom. The Morgan fingerprint density at radius 3 is 1.58 bits per heavy atom. The van der Waals surface area contributed by atoms with Crippen molar-refractivity contribution in [1.29, 1.82) is 0 Å². The van der Waals surface area contributed by atoms with Crippen molar-refractivity contribution in [3.63, 3.8) is 0 Å². The normalized spacial score (nSPS) is 10.9. The minimum absolute atomic E-state index is 0.335. The molecule has 1 rings (SSSR count). The summed E-state index contributed by atoms with van der Waals surface area (Å²) in [6.45, 7) is 5.25. The Balaban J connectivity index is 1.75. The van der Waals surface area contributed by atoms with Crippen molar-refractivity contribution in [3.05, 3.63) is 16.9 Å². The predicted octanol–water partition coefficient (Wildman–Crippen LogP) is 1.33. The predicted molar refractivity (Wildman–Crippen MR) is 90.4 cm³/mol. The fraction of sp³-hybridized carbons (Fsp3) is 0.733. The lowest BCUT2D eigenvalue weighted by Crippen LogP contribution is -2.14. The van der Waals surface area contributed by atoms with Gasteiger partial charge in [0.05, 0.1) is 63.9 Å². The Morgan fingerprint density at radius 1 is 0.708 bits per heavy atom. The molecule has 9 heteroatoms. The molecule has 0 aliphatic carbocycles. The molecule has 1 heterocycles. The molecular formula is C15H25BrN2O6. The number of methoxy groups -OCH3 is 1. The molecule has 8 nitrogen and oxygen atoms in total. The van der Waals surface area contributed by atoms with Crippen LogP contribution in [0.2, 0.25) is 0 Å². The second-order valence-electron chi connectivity index (χ2n) is 4.47. The van der Waals surface area contributed by atoms with Gasteiger partial charge >= 0.3 is 6.01 Å². The number of ether oxygens (including phenoxy) is 6. The van der Waals surface area contributed by atoms with E-state index in [2.05, 4.69) is 25.9 Å². The summed E-state index contributed by atoms with van der Waals surface area (Å²) in [7, 11) is 1.64. The van der Waals surface area contributed by atoms with E-state index in [-0.39, 0.29) is 0 Å². The van der Waals surface area contributed by atoms with Gasteiger partial charge in [0, 0.05) is 19.5 Å². The van der Waals surface area contributed by atoms with E-state index in [0.717, 1.165) is 4.47 Å². The number of nitrogens with zero attached hydrogens (tertiary/aromatic N) is 2. The molecule has 0 saturated carbocycles. The van der Waals surface area contributed by atoms with Gasteiger partial charge in [-0.3, -0.25) is 0 Å². The largest absolute Gasteiger partial charge is 0.461 e. The van der Waals surface area contributed by atoms with Crippen molar-refractivity contribution in [1.82, 2.24) is 9.97 Å². The van der Waals surface area contributed by atoms with Crippen molar-refractivity contribution < 1.29 is 28.4 Å². The van der Waals surface area contributed by atoms with Crippen LogP contribution in [0.5, 0.6) is 6.01 Å². The molecule has 138 valence electrons. The van der Waals surface area contributed by atoms with E-state index in [1.165, 1.54) is 0 Å². The van der Waals surface area contributed by atoms with Crippen molar-refractivity contribution in [2.24, 2.45) is 0 Å². The summed E-state index contributed by atoms with van der Waals surface area (Å²) >= 11 is 3.26. The molecule has 0 atom stereocenters. The Kier molecular flexibility index (Phi) is 13.8. The maximum atomic E-state index is 5.38. The lowest BCUT2D eigenvalue weighted by atomic mass is 10.7. The van der Waals surface area contributed by atoms with E-state index < -0.39 is 0 Å². The smallest absolute Gasteiger partial charge is 0.316 e. The van der Waals surface area contributed by atoms with Gasteiger partial charge in [0.15, 0.2) is 0 Å². The van der Waals surface area contributed by atoms with Crippen molar-refractivity contribution in [2.45, 2.75) is 0 Å². The first-order valence-corrected chi connectivity index (χ1v) is 8.52. The van der Waals surface area contributed by atoms with Crippen LogP contribution in [0.15, 0.2) is 16.9 Å². The first kappa shape index (κ1) is 21.2. The minimum Gasteiger partial charge on any atom is -0.461 e. The van der Waals surface area contributed by atoms with Gasteiger partial charge in [-0.25, -0.2) is 9.97 Å². The van der Waals surface area contributed by atoms with Gasteiger partial charge in [-0.2, -0.15) is 0 Å². The van der Waals surface area contributed by atoms with Gasteiger partial charge in [0.1, 0.15) is 6.61 Å². The molecule has 0 N–H and O–H groups in total. The summed E-state index contributed by atoms with van der Waals surface area (Å²) in [6.07, 6.45) is 3.26. The summed E-state index contributed by atoms with van der Waals surface area (Å²) in [5.74, 6) is 0. The zero-order chi connectivity index (χ0) is 17.3. The van der Waals surface area contributed by atoms with Crippen LogP contribution >= 0.6 is 15.9 Å². The van der Waals surface area contributed by atoms with Gasteiger partial charge < -0.3 is 28.4 Å². The van der Waals surface area contributed by atoms with E-state index in [1.54, 1.807) is 19.5 Å². The Bertz CT molecular complexity index is 396. The second kappa shape index (κ2) is 15.7. The first-order valence-electron chi connectivity index (χ1n) is 7.73. The average molecular weight is 409 g/mol. The molecule has 0 fully saturated rings. The SMILES string of the molecule is COCCOCCOCCOCCOCCOc1ncc(Br)cn1. The van der Waals surface area contributed by atoms with Crippen LogP contribution in [0.3, 0.4) is 0 Å². The molecule has 1 aromatic heterocycles. The third-order valence-corrected chi connectivity index (χ3v) is 3.01. The van der Waals surface area contributed by atoms with Crippen LogP contribution in [0.25, 0.3) is 0 Å². The van der Waals surface area contributed by atoms with Gasteiger partial charge in [-0.05, 0) is 15.9 Å². The molecule has 24 heavy (non-hydrogen) atoms. The van der Waals surface area contributed by atoms with Gasteiger partial charge in [-0.15, -0.1) is 0 Å². The second-order valence-corrected chi connectivity index (χ2v) is 5.39. The molecule has 0 unspecified atom stereocenters. The summed E-state index contributed by atoms with van der Waals surface area (Å²) in [5, 5.41) is 0. The zero-order valence-electron chi connectivity index (χ0n) is 13.9. The maximum Gasteiger partial charge on any atom is 0.316 e. The third-order valence-electron chi connectivity index (χ3n) is 2.60. The van der Waals surface area contributed by atoms with Crippen LogP contribution in [0.4, 0.5) is 0 Å². The quantitative estimate of drug-likeness (QED) is 0.379. The highest BCUT2D eigenvalue weighted by Gasteiger charge is 1.97. The highest BCUT2D eigenvalue weighted by atomic mass is 79.9. The maximum absolute atomic E-state index is 5.38. The number of aromatic nitrogens is 2. The van der Waals surface area contributed by atoms with Gasteiger partial charge in [0.25, 0.3) is 0 Å². The molecule has 0 aromatic carbocycles. The number of rotatable bonds is 16. The third kappa shape index (κ3) is 12.6. The molecule has 0 aliphatic rings. The lowest BCUT2D eigenvalue weighted by Gasteiger charge is -2.07. The van der Waals surface area contributed by atoms with Crippen molar-refractivity contribution in [3.8, 4) is 6.01 Å². The Labute approximate surface area is 150 Å². The number of hydrogen-bond donors (Lipinski definition) is 0. The monoisotopic (exact) mass is 408 g/mol. The average Bonchev–Trinajstić information content (AvgIpc) is 2.60. The molecule has 0 radical (unpaired) electrons. The van der Waals surface area contributed by atoms with Gasteiger partial charge in [0.2, 0.25) is 0 Å². The molecule has 0 spiro atoms. The molecule has 0 saturated heterocycles. The zero-order valence-corrected chi connectivity index (χ0v) is 15.5. The lowest BCUT2D eigenvalue weighted by molar-refractivity contribution is -0.00998. The standard InChI is InChI=1S/C15H25BrN2O6/c1-19-2-3-20-4-5-21-6-7-22-8-9-23-10-11-24-15-17-12-14(16)13-18-15/h12-13H,2-11H2,1H3. The van der Waals surface area contributed by atoms with E-state index in [0.29, 0.717) is 72.1 Å². The molecule has 0 bridgehead atoms. The number of halogens is 1. The first-order chi connectivity index (χ1) is 11.8. The highest BCUT2D eigenvalue weighted by Crippen LogP contribution is 2.07. The van der Waals surface area contributed by atoms with E-state index >= 15 is 0 Å². The molecule has 0 amide bonds. The fourth-order valence-electron chi connectivity index (χ4n) is 1.47. The van der Waals surface area contributed by atoms with Crippen molar-refractivity contribution in [2.75, 3.05) is 73.2 Å². The summed E-state index contributed by atoms with van der Waals surface area (Å²) in [4.78, 5) is 7.98.